The van der Waals surface area contributed by atoms with Gasteiger partial charge in [-0.15, -0.1) is 0 Å². The predicted octanol–water partition coefficient (Wildman–Crippen LogP) is 3.02. The molecular weight excluding hydrogens is 244 g/mol. The van der Waals surface area contributed by atoms with Crippen molar-refractivity contribution < 1.29 is 10.0 Å². The largest absolute Gasteiger partial charge is 0.393 e. The Bertz CT molecular complexity index is 613. The molecule has 0 fully saturated rings. The molecule has 5 heteroatoms. The topological polar surface area (TPSA) is 76.3 Å². The SMILES string of the molecule is CCC(O)C(C)c1ccc([N+](=O)[O-])c2ncccc12. The maximum absolute atomic E-state index is 11.0. The van der Waals surface area contributed by atoms with E-state index in [9.17, 15) is 15.2 Å². The number of nitrogens with zero attached hydrogens (tertiary/aromatic N) is 2. The van der Waals surface area contributed by atoms with Gasteiger partial charge in [-0.3, -0.25) is 10.1 Å². The van der Waals surface area contributed by atoms with Gasteiger partial charge in [-0.1, -0.05) is 26.0 Å². The minimum Gasteiger partial charge on any atom is -0.393 e. The molecule has 1 aromatic heterocycles. The zero-order valence-corrected chi connectivity index (χ0v) is 10.9. The highest BCUT2D eigenvalue weighted by Crippen LogP contribution is 2.32. The van der Waals surface area contributed by atoms with Gasteiger partial charge >= 0.3 is 0 Å². The molecule has 5 nitrogen and oxygen atoms in total. The first kappa shape index (κ1) is 13.4. The summed E-state index contributed by atoms with van der Waals surface area (Å²) in [6, 6.07) is 6.74. The summed E-state index contributed by atoms with van der Waals surface area (Å²) < 4.78 is 0. The normalized spacial score (nSPS) is 14.3. The summed E-state index contributed by atoms with van der Waals surface area (Å²) in [5.41, 5.74) is 1.26. The van der Waals surface area contributed by atoms with Crippen LogP contribution in [0.4, 0.5) is 5.69 Å². The Kier molecular flexibility index (Phi) is 3.76. The Hall–Kier alpha value is -2.01. The van der Waals surface area contributed by atoms with Gasteiger partial charge in [-0.2, -0.15) is 0 Å². The maximum Gasteiger partial charge on any atom is 0.295 e. The molecule has 0 amide bonds. The highest BCUT2D eigenvalue weighted by atomic mass is 16.6. The average Bonchev–Trinajstić information content (AvgIpc) is 2.44. The summed E-state index contributed by atoms with van der Waals surface area (Å²) in [6.07, 6.45) is 1.71. The molecule has 1 aromatic carbocycles. The lowest BCUT2D eigenvalue weighted by Gasteiger charge is -2.19. The van der Waals surface area contributed by atoms with Gasteiger partial charge in [0.1, 0.15) is 5.52 Å². The third-order valence-corrected chi connectivity index (χ3v) is 3.46. The molecule has 2 rings (SSSR count). The van der Waals surface area contributed by atoms with Gasteiger partial charge < -0.3 is 5.11 Å². The Morgan fingerprint density at radius 2 is 2.16 bits per heavy atom. The summed E-state index contributed by atoms with van der Waals surface area (Å²) in [4.78, 5) is 14.7. The fourth-order valence-corrected chi connectivity index (χ4v) is 2.28. The summed E-state index contributed by atoms with van der Waals surface area (Å²) in [5.74, 6) is -0.0856. The first-order valence-electron chi connectivity index (χ1n) is 6.26. The molecule has 0 saturated carbocycles. The molecule has 0 aliphatic carbocycles. The van der Waals surface area contributed by atoms with Crippen LogP contribution in [-0.4, -0.2) is 21.1 Å². The number of benzene rings is 1. The molecule has 0 spiro atoms. The van der Waals surface area contributed by atoms with Crippen molar-refractivity contribution in [1.82, 2.24) is 4.98 Å². The van der Waals surface area contributed by atoms with E-state index in [0.29, 0.717) is 11.9 Å². The Morgan fingerprint density at radius 3 is 2.79 bits per heavy atom. The number of pyridine rings is 1. The third kappa shape index (κ3) is 2.42. The molecule has 1 heterocycles. The van der Waals surface area contributed by atoms with Crippen LogP contribution in [0, 0.1) is 10.1 Å². The zero-order valence-electron chi connectivity index (χ0n) is 10.9. The monoisotopic (exact) mass is 260 g/mol. The first-order valence-corrected chi connectivity index (χ1v) is 6.26. The standard InChI is InChI=1S/C14H16N2O3/c1-3-13(17)9(2)10-6-7-12(16(18)19)14-11(10)5-4-8-15-14/h4-9,13,17H,3H2,1-2H3. The first-order chi connectivity index (χ1) is 9.06. The zero-order chi connectivity index (χ0) is 14.0. The maximum atomic E-state index is 11.0. The molecular formula is C14H16N2O3. The third-order valence-electron chi connectivity index (χ3n) is 3.46. The molecule has 0 aliphatic rings. The van der Waals surface area contributed by atoms with Crippen molar-refractivity contribution in [3.63, 3.8) is 0 Å². The van der Waals surface area contributed by atoms with Crippen LogP contribution in [0.2, 0.25) is 0 Å². The van der Waals surface area contributed by atoms with E-state index in [1.54, 1.807) is 18.3 Å². The van der Waals surface area contributed by atoms with Crippen molar-refractivity contribution in [2.45, 2.75) is 32.3 Å². The Labute approximate surface area is 111 Å². The number of hydrogen-bond acceptors (Lipinski definition) is 4. The van der Waals surface area contributed by atoms with Crippen LogP contribution in [0.1, 0.15) is 31.7 Å². The fourth-order valence-electron chi connectivity index (χ4n) is 2.28. The van der Waals surface area contributed by atoms with Crippen molar-refractivity contribution in [1.29, 1.82) is 0 Å². The summed E-state index contributed by atoms with van der Waals surface area (Å²) >= 11 is 0. The van der Waals surface area contributed by atoms with Crippen molar-refractivity contribution in [2.24, 2.45) is 0 Å². The van der Waals surface area contributed by atoms with E-state index in [1.165, 1.54) is 6.07 Å². The predicted molar refractivity (Wildman–Crippen MR) is 73.1 cm³/mol. The van der Waals surface area contributed by atoms with Crippen molar-refractivity contribution in [3.05, 3.63) is 46.1 Å². The minimum atomic E-state index is -0.468. The summed E-state index contributed by atoms with van der Waals surface area (Å²) in [7, 11) is 0. The molecule has 19 heavy (non-hydrogen) atoms. The van der Waals surface area contributed by atoms with E-state index >= 15 is 0 Å². The van der Waals surface area contributed by atoms with Gasteiger partial charge in [0.25, 0.3) is 5.69 Å². The summed E-state index contributed by atoms with van der Waals surface area (Å²) in [5, 5.41) is 21.7. The van der Waals surface area contributed by atoms with Crippen molar-refractivity contribution >= 4 is 16.6 Å². The van der Waals surface area contributed by atoms with E-state index < -0.39 is 11.0 Å². The number of aliphatic hydroxyl groups is 1. The van der Waals surface area contributed by atoms with Crippen LogP contribution >= 0.6 is 0 Å². The van der Waals surface area contributed by atoms with Gasteiger partial charge in [0.2, 0.25) is 0 Å². The number of aromatic nitrogens is 1. The quantitative estimate of drug-likeness (QED) is 0.677. The molecule has 0 saturated heterocycles. The number of nitro benzene ring substituents is 1. The van der Waals surface area contributed by atoms with Crippen molar-refractivity contribution in [3.8, 4) is 0 Å². The van der Waals surface area contributed by atoms with Crippen molar-refractivity contribution in [2.75, 3.05) is 0 Å². The molecule has 1 N–H and O–H groups in total. The number of aliphatic hydroxyl groups excluding tert-OH is 1. The Balaban J connectivity index is 2.65. The lowest BCUT2D eigenvalue weighted by atomic mass is 9.90. The number of nitro groups is 1. The molecule has 0 radical (unpaired) electrons. The Morgan fingerprint density at radius 1 is 1.42 bits per heavy atom. The average molecular weight is 260 g/mol. The second-order valence-electron chi connectivity index (χ2n) is 4.59. The lowest BCUT2D eigenvalue weighted by Crippen LogP contribution is -2.15. The second-order valence-corrected chi connectivity index (χ2v) is 4.59. The fraction of sp³-hybridized carbons (Fsp3) is 0.357. The number of rotatable bonds is 4. The smallest absolute Gasteiger partial charge is 0.295 e. The molecule has 2 unspecified atom stereocenters. The lowest BCUT2D eigenvalue weighted by molar-refractivity contribution is -0.383. The number of non-ortho nitro benzene ring substituents is 1. The van der Waals surface area contributed by atoms with E-state index in [4.69, 9.17) is 0 Å². The highest BCUT2D eigenvalue weighted by Gasteiger charge is 2.21. The van der Waals surface area contributed by atoms with E-state index in [-0.39, 0.29) is 11.6 Å². The van der Waals surface area contributed by atoms with E-state index in [1.807, 2.05) is 19.9 Å². The van der Waals surface area contributed by atoms with Crippen LogP contribution in [0.25, 0.3) is 10.9 Å². The van der Waals surface area contributed by atoms with Gasteiger partial charge in [0.15, 0.2) is 0 Å². The van der Waals surface area contributed by atoms with Gasteiger partial charge in [0, 0.05) is 23.6 Å². The van der Waals surface area contributed by atoms with Crippen LogP contribution in [0.3, 0.4) is 0 Å². The van der Waals surface area contributed by atoms with Gasteiger partial charge in [0.05, 0.1) is 11.0 Å². The van der Waals surface area contributed by atoms with Gasteiger partial charge in [-0.05, 0) is 18.1 Å². The van der Waals surface area contributed by atoms with Crippen LogP contribution in [0.15, 0.2) is 30.5 Å². The van der Waals surface area contributed by atoms with Crippen LogP contribution < -0.4 is 0 Å². The molecule has 2 aromatic rings. The van der Waals surface area contributed by atoms with Crippen LogP contribution in [0.5, 0.6) is 0 Å². The second kappa shape index (κ2) is 5.32. The number of hydrogen-bond donors (Lipinski definition) is 1. The van der Waals surface area contributed by atoms with Crippen LogP contribution in [-0.2, 0) is 0 Å². The minimum absolute atomic E-state index is 0.00228. The van der Waals surface area contributed by atoms with Gasteiger partial charge in [-0.25, -0.2) is 4.98 Å². The summed E-state index contributed by atoms with van der Waals surface area (Å²) in [6.45, 7) is 3.83. The highest BCUT2D eigenvalue weighted by molar-refractivity contribution is 5.90. The molecule has 100 valence electrons. The molecule has 0 aliphatic heterocycles. The van der Waals surface area contributed by atoms with E-state index in [2.05, 4.69) is 4.98 Å². The van der Waals surface area contributed by atoms with E-state index in [0.717, 1.165) is 10.9 Å². The molecule has 0 bridgehead atoms. The number of fused-ring (bicyclic) bond motifs is 1. The molecule has 2 atom stereocenters.